The number of aldehydes is 1. The normalized spacial score (nSPS) is 16.6. The molecule has 25 heavy (non-hydrogen) atoms. The van der Waals surface area contributed by atoms with Crippen LogP contribution in [0.4, 0.5) is 0 Å². The number of nitriles is 1. The molecule has 7 heteroatoms. The van der Waals surface area contributed by atoms with E-state index in [-0.39, 0.29) is 22.4 Å². The Bertz CT molecular complexity index is 845. The summed E-state index contributed by atoms with van der Waals surface area (Å²) in [7, 11) is 2.39. The third kappa shape index (κ3) is 3.15. The number of esters is 2. The highest BCUT2D eigenvalue weighted by Crippen LogP contribution is 2.40. The van der Waals surface area contributed by atoms with Crippen molar-refractivity contribution in [3.8, 4) is 6.07 Å². The zero-order chi connectivity index (χ0) is 18.6. The van der Waals surface area contributed by atoms with Crippen LogP contribution in [0.2, 0.25) is 0 Å². The van der Waals surface area contributed by atoms with E-state index in [1.54, 1.807) is 31.2 Å². The summed E-state index contributed by atoms with van der Waals surface area (Å²) in [5.74, 6) is -2.41. The van der Waals surface area contributed by atoms with E-state index < -0.39 is 17.9 Å². The predicted molar refractivity (Wildman–Crippen MR) is 86.9 cm³/mol. The number of dihydropyridines is 1. The lowest BCUT2D eigenvalue weighted by Gasteiger charge is -2.29. The molecule has 1 aromatic carbocycles. The minimum Gasteiger partial charge on any atom is -0.466 e. The number of allylic oxidation sites excluding steroid dienone is 2. The van der Waals surface area contributed by atoms with E-state index in [1.807, 2.05) is 6.07 Å². The summed E-state index contributed by atoms with van der Waals surface area (Å²) >= 11 is 0. The average Bonchev–Trinajstić information content (AvgIpc) is 2.65. The Morgan fingerprint density at radius 3 is 2.32 bits per heavy atom. The summed E-state index contributed by atoms with van der Waals surface area (Å²) in [5, 5.41) is 12.1. The van der Waals surface area contributed by atoms with Gasteiger partial charge in [0.1, 0.15) is 0 Å². The molecule has 1 heterocycles. The number of carbonyl (C=O) groups is 3. The molecule has 0 saturated heterocycles. The van der Waals surface area contributed by atoms with Crippen LogP contribution in [0.1, 0.15) is 24.0 Å². The number of hydrogen-bond acceptors (Lipinski definition) is 7. The molecule has 0 saturated carbocycles. The quantitative estimate of drug-likeness (QED) is 0.651. The summed E-state index contributed by atoms with van der Waals surface area (Å²) < 4.78 is 9.62. The first-order valence-electron chi connectivity index (χ1n) is 7.32. The smallest absolute Gasteiger partial charge is 0.336 e. The van der Waals surface area contributed by atoms with Crippen LogP contribution in [0.15, 0.2) is 46.8 Å². The molecule has 0 fully saturated rings. The first-order chi connectivity index (χ1) is 12.0. The van der Waals surface area contributed by atoms with Crippen LogP contribution in [0.5, 0.6) is 0 Å². The fourth-order valence-electron chi connectivity index (χ4n) is 2.83. The number of nitrogens with zero attached hydrogens (tertiary/aromatic N) is 1. The zero-order valence-electron chi connectivity index (χ0n) is 14.0. The molecular formula is C18H16N2O5. The van der Waals surface area contributed by atoms with Gasteiger partial charge in [0, 0.05) is 5.70 Å². The Hall–Kier alpha value is -3.40. The molecule has 0 amide bonds. The van der Waals surface area contributed by atoms with E-state index in [2.05, 4.69) is 5.32 Å². The van der Waals surface area contributed by atoms with Crippen molar-refractivity contribution in [3.63, 3.8) is 0 Å². The molecule has 1 aromatic rings. The Morgan fingerprint density at radius 1 is 1.16 bits per heavy atom. The largest absolute Gasteiger partial charge is 0.466 e. The van der Waals surface area contributed by atoms with Crippen LogP contribution < -0.4 is 5.32 Å². The minimum absolute atomic E-state index is 0.0188. The number of rotatable bonds is 4. The number of nitrogens with one attached hydrogen (secondary N) is 1. The Kier molecular flexibility index (Phi) is 5.35. The first kappa shape index (κ1) is 17.9. The lowest BCUT2D eigenvalue weighted by molar-refractivity contribution is -0.137. The SMILES string of the molecule is COC(=O)C1=C(C)NC(C=O)=C(C(=O)OC)C1c1ccccc1C#N. The van der Waals surface area contributed by atoms with Crippen molar-refractivity contribution >= 4 is 18.2 Å². The van der Waals surface area contributed by atoms with Crippen molar-refractivity contribution in [3.05, 3.63) is 57.9 Å². The van der Waals surface area contributed by atoms with Crippen molar-refractivity contribution in [2.75, 3.05) is 14.2 Å². The monoisotopic (exact) mass is 340 g/mol. The number of hydrogen-bond donors (Lipinski definition) is 1. The maximum absolute atomic E-state index is 12.3. The molecule has 1 aliphatic heterocycles. The molecule has 0 aliphatic carbocycles. The van der Waals surface area contributed by atoms with Gasteiger partial charge in [0.2, 0.25) is 0 Å². The topological polar surface area (TPSA) is 105 Å². The molecule has 0 bridgehead atoms. The number of benzene rings is 1. The van der Waals surface area contributed by atoms with Crippen LogP contribution >= 0.6 is 0 Å². The van der Waals surface area contributed by atoms with Gasteiger partial charge in [-0.1, -0.05) is 18.2 Å². The molecule has 128 valence electrons. The van der Waals surface area contributed by atoms with Crippen LogP contribution in [-0.2, 0) is 23.9 Å². The molecule has 1 atom stereocenters. The highest BCUT2D eigenvalue weighted by atomic mass is 16.5. The van der Waals surface area contributed by atoms with Gasteiger partial charge in [0.15, 0.2) is 6.29 Å². The molecule has 0 aromatic heterocycles. The molecule has 1 N–H and O–H groups in total. The van der Waals surface area contributed by atoms with Gasteiger partial charge in [-0.2, -0.15) is 5.26 Å². The minimum atomic E-state index is -0.961. The van der Waals surface area contributed by atoms with Gasteiger partial charge in [0.25, 0.3) is 0 Å². The van der Waals surface area contributed by atoms with E-state index in [1.165, 1.54) is 14.2 Å². The second-order valence-corrected chi connectivity index (χ2v) is 5.22. The molecule has 7 nitrogen and oxygen atoms in total. The van der Waals surface area contributed by atoms with Crippen molar-refractivity contribution in [1.29, 1.82) is 5.26 Å². The van der Waals surface area contributed by atoms with E-state index >= 15 is 0 Å². The summed E-state index contributed by atoms with van der Waals surface area (Å²) in [4.78, 5) is 36.2. The summed E-state index contributed by atoms with van der Waals surface area (Å²) in [6, 6.07) is 8.57. The van der Waals surface area contributed by atoms with Crippen molar-refractivity contribution in [2.24, 2.45) is 0 Å². The third-order valence-corrected chi connectivity index (χ3v) is 3.91. The predicted octanol–water partition coefficient (Wildman–Crippen LogP) is 1.32. The van der Waals surface area contributed by atoms with E-state index in [0.717, 1.165) is 0 Å². The Morgan fingerprint density at radius 2 is 1.76 bits per heavy atom. The van der Waals surface area contributed by atoms with Crippen molar-refractivity contribution < 1.29 is 23.9 Å². The van der Waals surface area contributed by atoms with Crippen molar-refractivity contribution in [2.45, 2.75) is 12.8 Å². The maximum atomic E-state index is 12.3. The van der Waals surface area contributed by atoms with Crippen LogP contribution in [0.3, 0.4) is 0 Å². The molecule has 0 radical (unpaired) electrons. The standard InChI is InChI=1S/C18H16N2O5/c1-10-14(17(22)24-2)15(12-7-5-4-6-11(12)8-19)16(18(23)25-3)13(9-21)20-10/h4-7,9,15,20H,1-3H3. The first-order valence-corrected chi connectivity index (χ1v) is 7.32. The Labute approximate surface area is 144 Å². The third-order valence-electron chi connectivity index (χ3n) is 3.91. The average molecular weight is 340 g/mol. The van der Waals surface area contributed by atoms with Gasteiger partial charge in [-0.3, -0.25) is 4.79 Å². The zero-order valence-corrected chi connectivity index (χ0v) is 14.0. The highest BCUT2D eigenvalue weighted by molar-refractivity contribution is 6.03. The fraction of sp³-hybridized carbons (Fsp3) is 0.222. The van der Waals surface area contributed by atoms with Gasteiger partial charge >= 0.3 is 11.9 Å². The second kappa shape index (κ2) is 7.45. The second-order valence-electron chi connectivity index (χ2n) is 5.22. The summed E-state index contributed by atoms with van der Waals surface area (Å²) in [6.07, 6.45) is 0.478. The molecule has 2 rings (SSSR count). The van der Waals surface area contributed by atoms with E-state index in [9.17, 15) is 19.6 Å². The molecule has 1 unspecified atom stereocenters. The molecule has 0 spiro atoms. The van der Waals surface area contributed by atoms with Crippen LogP contribution in [-0.4, -0.2) is 32.4 Å². The molecular weight excluding hydrogens is 324 g/mol. The summed E-state index contributed by atoms with van der Waals surface area (Å²) in [6.45, 7) is 1.59. The van der Waals surface area contributed by atoms with Gasteiger partial charge in [-0.25, -0.2) is 9.59 Å². The number of ether oxygens (including phenoxy) is 2. The van der Waals surface area contributed by atoms with Crippen LogP contribution in [0, 0.1) is 11.3 Å². The molecule has 1 aliphatic rings. The number of carbonyl (C=O) groups excluding carboxylic acids is 3. The lowest BCUT2D eigenvalue weighted by Crippen LogP contribution is -2.33. The van der Waals surface area contributed by atoms with E-state index in [0.29, 0.717) is 17.5 Å². The number of methoxy groups -OCH3 is 2. The maximum Gasteiger partial charge on any atom is 0.336 e. The Balaban J connectivity index is 2.84. The van der Waals surface area contributed by atoms with Crippen LogP contribution in [0.25, 0.3) is 0 Å². The lowest BCUT2D eigenvalue weighted by atomic mass is 9.78. The van der Waals surface area contributed by atoms with E-state index in [4.69, 9.17) is 9.47 Å². The van der Waals surface area contributed by atoms with Crippen molar-refractivity contribution in [1.82, 2.24) is 5.32 Å². The fourth-order valence-corrected chi connectivity index (χ4v) is 2.83. The van der Waals surface area contributed by atoms with Gasteiger partial charge < -0.3 is 14.8 Å². The summed E-state index contributed by atoms with van der Waals surface area (Å²) in [5.41, 5.74) is 1.11. The van der Waals surface area contributed by atoms with Gasteiger partial charge in [0.05, 0.1) is 48.6 Å². The van der Waals surface area contributed by atoms with Gasteiger partial charge in [-0.15, -0.1) is 0 Å². The van der Waals surface area contributed by atoms with Gasteiger partial charge in [-0.05, 0) is 18.6 Å². The highest BCUT2D eigenvalue weighted by Gasteiger charge is 2.39.